The standard InChI is InChI=1S/C18H20ClFN2O4S/c1-26-17-10-9-13(19)12-15(17)21-18(23)8-5-11-22(27(2,24)25)16-7-4-3-6-14(16)20/h3-4,6-7,9-10,12H,5,8,11H2,1-2H3,(H,21,23). The predicted molar refractivity (Wildman–Crippen MR) is 104 cm³/mol. The highest BCUT2D eigenvalue weighted by Crippen LogP contribution is 2.28. The number of amides is 1. The summed E-state index contributed by atoms with van der Waals surface area (Å²) in [6, 6.07) is 10.4. The molecule has 0 radical (unpaired) electrons. The smallest absolute Gasteiger partial charge is 0.232 e. The largest absolute Gasteiger partial charge is 0.495 e. The molecular formula is C18H20ClFN2O4S. The van der Waals surface area contributed by atoms with Crippen LogP contribution in [0.4, 0.5) is 15.8 Å². The molecule has 0 saturated carbocycles. The maximum Gasteiger partial charge on any atom is 0.232 e. The summed E-state index contributed by atoms with van der Waals surface area (Å²) >= 11 is 5.92. The van der Waals surface area contributed by atoms with Crippen molar-refractivity contribution in [2.45, 2.75) is 12.8 Å². The lowest BCUT2D eigenvalue weighted by Gasteiger charge is -2.22. The van der Waals surface area contributed by atoms with E-state index in [1.165, 1.54) is 25.3 Å². The van der Waals surface area contributed by atoms with Gasteiger partial charge in [0.05, 0.1) is 24.7 Å². The number of carbonyl (C=O) groups excluding carboxylic acids is 1. The summed E-state index contributed by atoms with van der Waals surface area (Å²) in [5.74, 6) is -0.523. The molecule has 2 aromatic carbocycles. The van der Waals surface area contributed by atoms with Crippen LogP contribution in [0.15, 0.2) is 42.5 Å². The summed E-state index contributed by atoms with van der Waals surface area (Å²) in [7, 11) is -2.22. The minimum absolute atomic E-state index is 0.0279. The summed E-state index contributed by atoms with van der Waals surface area (Å²) in [5, 5.41) is 3.11. The number of sulfonamides is 1. The van der Waals surface area contributed by atoms with Crippen LogP contribution in [0.3, 0.4) is 0 Å². The van der Waals surface area contributed by atoms with E-state index >= 15 is 0 Å². The Kier molecular flexibility index (Phi) is 7.04. The van der Waals surface area contributed by atoms with Gasteiger partial charge in [0.15, 0.2) is 0 Å². The topological polar surface area (TPSA) is 75.7 Å². The molecule has 0 unspecified atom stereocenters. The van der Waals surface area contributed by atoms with Crippen LogP contribution in [0.1, 0.15) is 12.8 Å². The molecular weight excluding hydrogens is 395 g/mol. The summed E-state index contributed by atoms with van der Waals surface area (Å²) in [6.45, 7) is -0.0279. The molecule has 146 valence electrons. The monoisotopic (exact) mass is 414 g/mol. The van der Waals surface area contributed by atoms with E-state index in [1.807, 2.05) is 0 Å². The zero-order valence-corrected chi connectivity index (χ0v) is 16.5. The third kappa shape index (κ3) is 5.83. The molecule has 1 N–H and O–H groups in total. The van der Waals surface area contributed by atoms with Crippen molar-refractivity contribution in [3.63, 3.8) is 0 Å². The Labute approximate surface area is 162 Å². The highest BCUT2D eigenvalue weighted by molar-refractivity contribution is 7.92. The molecule has 0 aromatic heterocycles. The van der Waals surface area contributed by atoms with E-state index < -0.39 is 15.8 Å². The number of nitrogens with zero attached hydrogens (tertiary/aromatic N) is 1. The summed E-state index contributed by atoms with van der Waals surface area (Å²) < 4.78 is 44.1. The Morgan fingerprint density at radius 1 is 1.26 bits per heavy atom. The molecule has 1 amide bonds. The first-order valence-corrected chi connectivity index (χ1v) is 10.3. The van der Waals surface area contributed by atoms with Gasteiger partial charge in [-0.15, -0.1) is 0 Å². The number of carbonyl (C=O) groups is 1. The van der Waals surface area contributed by atoms with E-state index in [-0.39, 0.29) is 31.0 Å². The van der Waals surface area contributed by atoms with E-state index in [4.69, 9.17) is 16.3 Å². The molecule has 9 heteroatoms. The van der Waals surface area contributed by atoms with Gasteiger partial charge < -0.3 is 10.1 Å². The van der Waals surface area contributed by atoms with Crippen molar-refractivity contribution in [3.8, 4) is 5.75 Å². The van der Waals surface area contributed by atoms with Gasteiger partial charge in [0, 0.05) is 18.0 Å². The highest BCUT2D eigenvalue weighted by atomic mass is 35.5. The van der Waals surface area contributed by atoms with Crippen LogP contribution in [-0.4, -0.2) is 34.2 Å². The van der Waals surface area contributed by atoms with Gasteiger partial charge in [0.2, 0.25) is 15.9 Å². The molecule has 0 fully saturated rings. The van der Waals surface area contributed by atoms with E-state index in [0.29, 0.717) is 16.5 Å². The number of hydrogen-bond donors (Lipinski definition) is 1. The maximum absolute atomic E-state index is 14.0. The van der Waals surface area contributed by atoms with Crippen LogP contribution in [0.2, 0.25) is 5.02 Å². The Balaban J connectivity index is 2.02. The fourth-order valence-corrected chi connectivity index (χ4v) is 3.63. The van der Waals surface area contributed by atoms with Gasteiger partial charge in [-0.3, -0.25) is 9.10 Å². The van der Waals surface area contributed by atoms with Gasteiger partial charge in [-0.05, 0) is 36.8 Å². The van der Waals surface area contributed by atoms with Gasteiger partial charge in [-0.2, -0.15) is 0 Å². The lowest BCUT2D eigenvalue weighted by Crippen LogP contribution is -2.32. The van der Waals surface area contributed by atoms with E-state index in [2.05, 4.69) is 5.32 Å². The number of hydrogen-bond acceptors (Lipinski definition) is 4. The number of benzene rings is 2. The van der Waals surface area contributed by atoms with Gasteiger partial charge in [-0.25, -0.2) is 12.8 Å². The van der Waals surface area contributed by atoms with Crippen LogP contribution < -0.4 is 14.4 Å². The lowest BCUT2D eigenvalue weighted by atomic mass is 10.2. The van der Waals surface area contributed by atoms with Crippen LogP contribution in [-0.2, 0) is 14.8 Å². The number of para-hydroxylation sites is 1. The molecule has 0 aliphatic carbocycles. The first-order valence-electron chi connectivity index (χ1n) is 8.08. The second-order valence-electron chi connectivity index (χ2n) is 5.78. The van der Waals surface area contributed by atoms with Crippen molar-refractivity contribution >= 4 is 38.9 Å². The average Bonchev–Trinajstić information content (AvgIpc) is 2.59. The van der Waals surface area contributed by atoms with E-state index in [0.717, 1.165) is 10.6 Å². The van der Waals surface area contributed by atoms with Crippen molar-refractivity contribution in [3.05, 3.63) is 53.3 Å². The molecule has 2 rings (SSSR count). The van der Waals surface area contributed by atoms with E-state index in [9.17, 15) is 17.6 Å². The van der Waals surface area contributed by atoms with Crippen molar-refractivity contribution in [1.82, 2.24) is 0 Å². The molecule has 0 saturated heterocycles. The van der Waals surface area contributed by atoms with E-state index in [1.54, 1.807) is 24.3 Å². The fraction of sp³-hybridized carbons (Fsp3) is 0.278. The summed E-state index contributed by atoms with van der Waals surface area (Å²) in [6.07, 6.45) is 1.24. The number of nitrogens with one attached hydrogen (secondary N) is 1. The van der Waals surface area contributed by atoms with Crippen molar-refractivity contribution in [2.75, 3.05) is 29.5 Å². The first-order chi connectivity index (χ1) is 12.7. The summed E-state index contributed by atoms with van der Waals surface area (Å²) in [5.41, 5.74) is 0.376. The highest BCUT2D eigenvalue weighted by Gasteiger charge is 2.20. The number of anilines is 2. The number of ether oxygens (including phenoxy) is 1. The Hall–Kier alpha value is -2.32. The van der Waals surface area contributed by atoms with Crippen LogP contribution >= 0.6 is 11.6 Å². The number of methoxy groups -OCH3 is 1. The van der Waals surface area contributed by atoms with Gasteiger partial charge in [-0.1, -0.05) is 23.7 Å². The second kappa shape index (κ2) is 9.05. The number of halogens is 2. The normalized spacial score (nSPS) is 11.1. The third-order valence-corrected chi connectivity index (χ3v) is 5.14. The zero-order chi connectivity index (χ0) is 20.0. The molecule has 0 atom stereocenters. The Morgan fingerprint density at radius 3 is 2.59 bits per heavy atom. The van der Waals surface area contributed by atoms with Gasteiger partial charge in [0.1, 0.15) is 11.6 Å². The van der Waals surface area contributed by atoms with Crippen LogP contribution in [0.5, 0.6) is 5.75 Å². The minimum atomic E-state index is -3.69. The summed E-state index contributed by atoms with van der Waals surface area (Å²) in [4.78, 5) is 12.2. The van der Waals surface area contributed by atoms with Crippen LogP contribution in [0, 0.1) is 5.82 Å². The molecule has 0 spiro atoms. The molecule has 0 aliphatic heterocycles. The van der Waals surface area contributed by atoms with Crippen molar-refractivity contribution in [2.24, 2.45) is 0 Å². The quantitative estimate of drug-likeness (QED) is 0.715. The van der Waals surface area contributed by atoms with Gasteiger partial charge in [0.25, 0.3) is 0 Å². The maximum atomic E-state index is 14.0. The Morgan fingerprint density at radius 2 is 1.96 bits per heavy atom. The number of rotatable bonds is 8. The lowest BCUT2D eigenvalue weighted by molar-refractivity contribution is -0.116. The first kappa shape index (κ1) is 21.0. The second-order valence-corrected chi connectivity index (χ2v) is 8.13. The van der Waals surface area contributed by atoms with Crippen molar-refractivity contribution in [1.29, 1.82) is 0 Å². The molecule has 0 bridgehead atoms. The molecule has 27 heavy (non-hydrogen) atoms. The van der Waals surface area contributed by atoms with Crippen LogP contribution in [0.25, 0.3) is 0 Å². The molecule has 2 aromatic rings. The average molecular weight is 415 g/mol. The minimum Gasteiger partial charge on any atom is -0.495 e. The zero-order valence-electron chi connectivity index (χ0n) is 14.9. The molecule has 6 nitrogen and oxygen atoms in total. The molecule has 0 heterocycles. The third-order valence-electron chi connectivity index (χ3n) is 3.72. The Bertz CT molecular complexity index is 921. The molecule has 0 aliphatic rings. The predicted octanol–water partition coefficient (Wildman–Crippen LogP) is 3.67. The van der Waals surface area contributed by atoms with Crippen molar-refractivity contribution < 1.29 is 22.3 Å². The SMILES string of the molecule is COc1ccc(Cl)cc1NC(=O)CCCN(c1ccccc1F)S(C)(=O)=O. The fourth-order valence-electron chi connectivity index (χ4n) is 2.49. The van der Waals surface area contributed by atoms with Gasteiger partial charge >= 0.3 is 0 Å².